The second-order valence-electron chi connectivity index (χ2n) is 5.65. The smallest absolute Gasteiger partial charge is 0.406 e. The minimum Gasteiger partial charge on any atom is -0.406 e. The summed E-state index contributed by atoms with van der Waals surface area (Å²) >= 11 is 0. The fourth-order valence-corrected chi connectivity index (χ4v) is 3.97. The monoisotopic (exact) mass is 395 g/mol. The standard InChI is InChI=1S/C15H20F3N3O4S/c1-2-19-14(22)11-20-7-9-21(10-8-20)26(23,24)13-5-3-12(4-6-13)25-15(16,17)18/h3-6H,2,7-11H2,1H3,(H,19,22). The van der Waals surface area contributed by atoms with Crippen molar-refractivity contribution >= 4 is 15.9 Å². The second kappa shape index (κ2) is 8.23. The number of carbonyl (C=O) groups excluding carboxylic acids is 1. The molecule has 2 rings (SSSR count). The fraction of sp³-hybridized carbons (Fsp3) is 0.533. The van der Waals surface area contributed by atoms with Crippen molar-refractivity contribution in [3.05, 3.63) is 24.3 Å². The molecule has 0 aliphatic carbocycles. The van der Waals surface area contributed by atoms with Crippen molar-refractivity contribution in [3.8, 4) is 5.75 Å². The van der Waals surface area contributed by atoms with E-state index in [0.29, 0.717) is 19.6 Å². The molecule has 1 saturated heterocycles. The van der Waals surface area contributed by atoms with E-state index in [2.05, 4.69) is 10.1 Å². The Morgan fingerprint density at radius 3 is 2.23 bits per heavy atom. The van der Waals surface area contributed by atoms with Crippen LogP contribution in [0.2, 0.25) is 0 Å². The van der Waals surface area contributed by atoms with E-state index in [4.69, 9.17) is 0 Å². The minimum absolute atomic E-state index is 0.107. The van der Waals surface area contributed by atoms with Crippen LogP contribution in [0.1, 0.15) is 6.92 Å². The van der Waals surface area contributed by atoms with E-state index in [0.717, 1.165) is 24.3 Å². The molecule has 1 N–H and O–H groups in total. The molecule has 0 unspecified atom stereocenters. The maximum absolute atomic E-state index is 12.6. The molecule has 1 aliphatic heterocycles. The van der Waals surface area contributed by atoms with Crippen LogP contribution in [0.4, 0.5) is 13.2 Å². The SMILES string of the molecule is CCNC(=O)CN1CCN(S(=O)(=O)c2ccc(OC(F)(F)F)cc2)CC1. The Labute approximate surface area is 149 Å². The summed E-state index contributed by atoms with van der Waals surface area (Å²) in [6, 6.07) is 4.09. The lowest BCUT2D eigenvalue weighted by Gasteiger charge is -2.33. The zero-order chi connectivity index (χ0) is 19.4. The van der Waals surface area contributed by atoms with Gasteiger partial charge in [-0.1, -0.05) is 0 Å². The Morgan fingerprint density at radius 2 is 1.73 bits per heavy atom. The third-order valence-electron chi connectivity index (χ3n) is 3.77. The predicted molar refractivity (Wildman–Crippen MR) is 87.0 cm³/mol. The summed E-state index contributed by atoms with van der Waals surface area (Å²) < 4.78 is 66.6. The van der Waals surface area contributed by atoms with Gasteiger partial charge >= 0.3 is 6.36 Å². The maximum atomic E-state index is 12.6. The number of alkyl halides is 3. The maximum Gasteiger partial charge on any atom is 0.573 e. The molecule has 11 heteroatoms. The molecule has 1 heterocycles. The number of likely N-dealkylation sites (N-methyl/N-ethyl adjacent to an activating group) is 1. The zero-order valence-electron chi connectivity index (χ0n) is 14.1. The van der Waals surface area contributed by atoms with Gasteiger partial charge in [0.2, 0.25) is 15.9 Å². The van der Waals surface area contributed by atoms with E-state index in [1.807, 2.05) is 11.8 Å². The third-order valence-corrected chi connectivity index (χ3v) is 5.68. The molecule has 7 nitrogen and oxygen atoms in total. The van der Waals surface area contributed by atoms with Crippen LogP contribution in [-0.4, -0.2) is 69.2 Å². The van der Waals surface area contributed by atoms with Crippen molar-refractivity contribution in [1.82, 2.24) is 14.5 Å². The van der Waals surface area contributed by atoms with Crippen LogP contribution in [0.3, 0.4) is 0 Å². The number of carbonyl (C=O) groups is 1. The number of hydrogen-bond acceptors (Lipinski definition) is 5. The van der Waals surface area contributed by atoms with Gasteiger partial charge in [0.05, 0.1) is 11.4 Å². The number of rotatable bonds is 6. The van der Waals surface area contributed by atoms with Gasteiger partial charge in [0.25, 0.3) is 0 Å². The van der Waals surface area contributed by atoms with E-state index in [1.165, 1.54) is 4.31 Å². The van der Waals surface area contributed by atoms with Gasteiger partial charge in [-0.3, -0.25) is 9.69 Å². The van der Waals surface area contributed by atoms with Gasteiger partial charge in [0.15, 0.2) is 0 Å². The molecule has 0 atom stereocenters. The number of benzene rings is 1. The Hall–Kier alpha value is -1.85. The summed E-state index contributed by atoms with van der Waals surface area (Å²) in [5.41, 5.74) is 0. The molecule has 146 valence electrons. The minimum atomic E-state index is -4.83. The molecule has 1 fully saturated rings. The normalized spacial score (nSPS) is 17.1. The number of nitrogens with zero attached hydrogens (tertiary/aromatic N) is 2. The van der Waals surface area contributed by atoms with Crippen LogP contribution in [0.15, 0.2) is 29.2 Å². The average molecular weight is 395 g/mol. The lowest BCUT2D eigenvalue weighted by Crippen LogP contribution is -2.51. The van der Waals surface area contributed by atoms with Crippen LogP contribution in [0, 0.1) is 0 Å². The molecule has 0 aromatic heterocycles. The summed E-state index contributed by atoms with van der Waals surface area (Å²) in [6.45, 7) is 3.72. The second-order valence-corrected chi connectivity index (χ2v) is 7.59. The Balaban J connectivity index is 1.97. The molecule has 1 aromatic carbocycles. The molecule has 0 radical (unpaired) electrons. The first-order chi connectivity index (χ1) is 12.1. The number of hydrogen-bond donors (Lipinski definition) is 1. The van der Waals surface area contributed by atoms with Crippen molar-refractivity contribution in [1.29, 1.82) is 0 Å². The first-order valence-corrected chi connectivity index (χ1v) is 9.41. The molecular weight excluding hydrogens is 375 g/mol. The molecule has 1 aliphatic rings. The Kier molecular flexibility index (Phi) is 6.48. The number of sulfonamides is 1. The molecule has 1 aromatic rings. The van der Waals surface area contributed by atoms with Crippen molar-refractivity contribution in [2.45, 2.75) is 18.2 Å². The molecular formula is C15H20F3N3O4S. The fourth-order valence-electron chi connectivity index (χ4n) is 2.55. The zero-order valence-corrected chi connectivity index (χ0v) is 14.9. The largest absolute Gasteiger partial charge is 0.573 e. The third kappa shape index (κ3) is 5.58. The van der Waals surface area contributed by atoms with Crippen LogP contribution in [-0.2, 0) is 14.8 Å². The van der Waals surface area contributed by atoms with Crippen molar-refractivity contribution < 1.29 is 31.1 Å². The van der Waals surface area contributed by atoms with Gasteiger partial charge in [0.1, 0.15) is 5.75 Å². The lowest BCUT2D eigenvalue weighted by atomic mass is 10.3. The summed E-state index contributed by atoms with van der Waals surface area (Å²) in [4.78, 5) is 13.3. The van der Waals surface area contributed by atoms with Crippen LogP contribution in [0.25, 0.3) is 0 Å². The van der Waals surface area contributed by atoms with Gasteiger partial charge in [0, 0.05) is 32.7 Å². The van der Waals surface area contributed by atoms with Crippen molar-refractivity contribution in [3.63, 3.8) is 0 Å². The van der Waals surface area contributed by atoms with E-state index in [1.54, 1.807) is 0 Å². The summed E-state index contributed by atoms with van der Waals surface area (Å²) in [5.74, 6) is -0.604. The van der Waals surface area contributed by atoms with Gasteiger partial charge in [-0.15, -0.1) is 13.2 Å². The average Bonchev–Trinajstić information content (AvgIpc) is 2.54. The number of amides is 1. The van der Waals surface area contributed by atoms with Gasteiger partial charge < -0.3 is 10.1 Å². The van der Waals surface area contributed by atoms with E-state index < -0.39 is 22.1 Å². The molecule has 0 saturated carbocycles. The van der Waals surface area contributed by atoms with Crippen LogP contribution >= 0.6 is 0 Å². The number of nitrogens with one attached hydrogen (secondary N) is 1. The number of halogens is 3. The Morgan fingerprint density at radius 1 is 1.15 bits per heavy atom. The highest BCUT2D eigenvalue weighted by Crippen LogP contribution is 2.25. The topological polar surface area (TPSA) is 79.0 Å². The van der Waals surface area contributed by atoms with Crippen molar-refractivity contribution in [2.24, 2.45) is 0 Å². The summed E-state index contributed by atoms with van der Waals surface area (Å²) in [7, 11) is -3.82. The van der Waals surface area contributed by atoms with Crippen molar-refractivity contribution in [2.75, 3.05) is 39.3 Å². The molecule has 26 heavy (non-hydrogen) atoms. The van der Waals surface area contributed by atoms with Crippen LogP contribution < -0.4 is 10.1 Å². The highest BCUT2D eigenvalue weighted by molar-refractivity contribution is 7.89. The number of ether oxygens (including phenoxy) is 1. The van der Waals surface area contributed by atoms with E-state index in [-0.39, 0.29) is 30.4 Å². The van der Waals surface area contributed by atoms with Gasteiger partial charge in [-0.25, -0.2) is 8.42 Å². The predicted octanol–water partition coefficient (Wildman–Crippen LogP) is 1.03. The highest BCUT2D eigenvalue weighted by atomic mass is 32.2. The Bertz CT molecular complexity index is 715. The van der Waals surface area contributed by atoms with E-state index in [9.17, 15) is 26.4 Å². The van der Waals surface area contributed by atoms with Gasteiger partial charge in [-0.05, 0) is 31.2 Å². The first kappa shape index (κ1) is 20.5. The lowest BCUT2D eigenvalue weighted by molar-refractivity contribution is -0.274. The summed E-state index contributed by atoms with van der Waals surface area (Å²) in [6.07, 6.45) is -4.83. The summed E-state index contributed by atoms with van der Waals surface area (Å²) in [5, 5.41) is 2.68. The first-order valence-electron chi connectivity index (χ1n) is 7.97. The molecule has 1 amide bonds. The van der Waals surface area contributed by atoms with Crippen LogP contribution in [0.5, 0.6) is 5.75 Å². The van der Waals surface area contributed by atoms with E-state index >= 15 is 0 Å². The van der Waals surface area contributed by atoms with Gasteiger partial charge in [-0.2, -0.15) is 4.31 Å². The quantitative estimate of drug-likeness (QED) is 0.778. The number of piperazine rings is 1. The molecule has 0 spiro atoms. The molecule has 0 bridgehead atoms. The highest BCUT2D eigenvalue weighted by Gasteiger charge is 2.32.